The van der Waals surface area contributed by atoms with Gasteiger partial charge in [0.05, 0.1) is 10.9 Å². The summed E-state index contributed by atoms with van der Waals surface area (Å²) in [7, 11) is 0. The van der Waals surface area contributed by atoms with Crippen LogP contribution in [-0.2, 0) is 4.79 Å². The first-order valence-electron chi connectivity index (χ1n) is 7.42. The number of nitrogens with one attached hydrogen (secondary N) is 1. The van der Waals surface area contributed by atoms with Crippen LogP contribution in [0, 0.1) is 0 Å². The minimum Gasteiger partial charge on any atom is -0.454 e. The fourth-order valence-corrected chi connectivity index (χ4v) is 3.88. The maximum atomic E-state index is 12.5. The number of para-hydroxylation sites is 1. The van der Waals surface area contributed by atoms with Crippen LogP contribution in [0.4, 0.5) is 5.69 Å². The number of benzene rings is 2. The summed E-state index contributed by atoms with van der Waals surface area (Å²) in [4.78, 5) is 12.5. The van der Waals surface area contributed by atoms with E-state index in [0.29, 0.717) is 0 Å². The van der Waals surface area contributed by atoms with E-state index in [-0.39, 0.29) is 23.3 Å². The lowest BCUT2D eigenvalue weighted by Gasteiger charge is -2.25. The highest BCUT2D eigenvalue weighted by Gasteiger charge is 2.39. The molecule has 4 rings (SSSR count). The van der Waals surface area contributed by atoms with E-state index in [1.165, 1.54) is 0 Å². The molecule has 1 N–H and O–H groups in total. The van der Waals surface area contributed by atoms with Crippen molar-refractivity contribution in [3.05, 3.63) is 54.1 Å². The molecule has 118 valence electrons. The Bertz CT molecular complexity index is 738. The lowest BCUT2D eigenvalue weighted by atomic mass is 10.2. The molecule has 2 aromatic rings. The molecule has 1 saturated heterocycles. The number of hydrogen-bond donors (Lipinski definition) is 1. The van der Waals surface area contributed by atoms with Crippen LogP contribution in [0.3, 0.4) is 0 Å². The van der Waals surface area contributed by atoms with Crippen LogP contribution in [0.1, 0.15) is 17.9 Å². The highest BCUT2D eigenvalue weighted by Crippen LogP contribution is 2.45. The maximum Gasteiger partial charge on any atom is 0.255 e. The second-order valence-electron chi connectivity index (χ2n) is 5.43. The SMILES string of the molecule is C[C@@H]1S[C@H](c2ccc3c(c2)OCO3)N(Nc2ccccc2)C1=O. The molecule has 0 aliphatic carbocycles. The molecule has 0 unspecified atom stereocenters. The second-order valence-corrected chi connectivity index (χ2v) is 6.86. The fraction of sp³-hybridized carbons (Fsp3) is 0.235. The molecule has 2 aromatic carbocycles. The number of hydrogen-bond acceptors (Lipinski definition) is 5. The third-order valence-electron chi connectivity index (χ3n) is 3.86. The molecule has 2 heterocycles. The Labute approximate surface area is 138 Å². The van der Waals surface area contributed by atoms with Crippen LogP contribution in [0.2, 0.25) is 0 Å². The Morgan fingerprint density at radius 1 is 1.13 bits per heavy atom. The zero-order valence-corrected chi connectivity index (χ0v) is 13.4. The van der Waals surface area contributed by atoms with E-state index in [0.717, 1.165) is 22.7 Å². The summed E-state index contributed by atoms with van der Waals surface area (Å²) in [5.74, 6) is 1.55. The molecule has 1 fully saturated rings. The normalized spacial score (nSPS) is 22.5. The zero-order chi connectivity index (χ0) is 15.8. The van der Waals surface area contributed by atoms with Gasteiger partial charge in [0.2, 0.25) is 6.79 Å². The third-order valence-corrected chi connectivity index (χ3v) is 5.21. The molecular formula is C17H16N2O3S. The first kappa shape index (κ1) is 14.3. The van der Waals surface area contributed by atoms with Gasteiger partial charge in [0.15, 0.2) is 11.5 Å². The first-order chi connectivity index (χ1) is 11.2. The zero-order valence-electron chi connectivity index (χ0n) is 12.6. The van der Waals surface area contributed by atoms with Gasteiger partial charge in [0.1, 0.15) is 5.37 Å². The number of anilines is 1. The first-order valence-corrected chi connectivity index (χ1v) is 8.36. The van der Waals surface area contributed by atoms with Gasteiger partial charge < -0.3 is 9.47 Å². The molecule has 23 heavy (non-hydrogen) atoms. The fourth-order valence-electron chi connectivity index (χ4n) is 2.68. The number of rotatable bonds is 3. The highest BCUT2D eigenvalue weighted by molar-refractivity contribution is 8.01. The van der Waals surface area contributed by atoms with Crippen LogP contribution < -0.4 is 14.9 Å². The van der Waals surface area contributed by atoms with Crippen molar-refractivity contribution in [2.75, 3.05) is 12.2 Å². The number of fused-ring (bicyclic) bond motifs is 1. The third kappa shape index (κ3) is 2.59. The number of carbonyl (C=O) groups is 1. The van der Waals surface area contributed by atoms with Gasteiger partial charge in [0, 0.05) is 0 Å². The molecule has 1 amide bonds. The predicted octanol–water partition coefficient (Wildman–Crippen LogP) is 3.40. The van der Waals surface area contributed by atoms with Gasteiger partial charge in [-0.3, -0.25) is 10.2 Å². The molecule has 0 saturated carbocycles. The van der Waals surface area contributed by atoms with Gasteiger partial charge in [-0.15, -0.1) is 11.8 Å². The minimum absolute atomic E-state index is 0.0709. The predicted molar refractivity (Wildman–Crippen MR) is 89.3 cm³/mol. The summed E-state index contributed by atoms with van der Waals surface area (Å²) >= 11 is 1.62. The van der Waals surface area contributed by atoms with Crippen LogP contribution in [0.15, 0.2) is 48.5 Å². The molecule has 2 aliphatic rings. The number of thioether (sulfide) groups is 1. The van der Waals surface area contributed by atoms with Crippen LogP contribution in [0.25, 0.3) is 0 Å². The summed E-state index contributed by atoms with van der Waals surface area (Å²) in [5, 5.41) is 1.50. The van der Waals surface area contributed by atoms with Crippen molar-refractivity contribution in [2.45, 2.75) is 17.5 Å². The molecule has 6 heteroatoms. The van der Waals surface area contributed by atoms with Gasteiger partial charge in [-0.25, -0.2) is 5.01 Å². The van der Waals surface area contributed by atoms with Gasteiger partial charge in [-0.2, -0.15) is 0 Å². The van der Waals surface area contributed by atoms with Crippen molar-refractivity contribution in [3.8, 4) is 11.5 Å². The summed E-state index contributed by atoms with van der Waals surface area (Å²) in [6, 6.07) is 15.5. The smallest absolute Gasteiger partial charge is 0.255 e. The van der Waals surface area contributed by atoms with Crippen molar-refractivity contribution in [1.29, 1.82) is 0 Å². The number of carbonyl (C=O) groups excluding carboxylic acids is 1. The lowest BCUT2D eigenvalue weighted by molar-refractivity contribution is -0.128. The summed E-state index contributed by atoms with van der Waals surface area (Å²) in [6.45, 7) is 2.18. The molecule has 2 atom stereocenters. The van der Waals surface area contributed by atoms with Gasteiger partial charge in [-0.05, 0) is 36.8 Å². The quantitative estimate of drug-likeness (QED) is 0.936. The van der Waals surface area contributed by atoms with Crippen molar-refractivity contribution in [1.82, 2.24) is 5.01 Å². The van der Waals surface area contributed by atoms with Gasteiger partial charge in [-0.1, -0.05) is 24.3 Å². The van der Waals surface area contributed by atoms with E-state index in [2.05, 4.69) is 5.43 Å². The number of amides is 1. The van der Waals surface area contributed by atoms with Crippen LogP contribution in [-0.4, -0.2) is 23.0 Å². The van der Waals surface area contributed by atoms with Gasteiger partial charge in [0.25, 0.3) is 5.91 Å². The molecule has 0 spiro atoms. The molecule has 0 radical (unpaired) electrons. The number of ether oxygens (including phenoxy) is 2. The Kier molecular flexibility index (Phi) is 3.53. The molecule has 2 aliphatic heterocycles. The Morgan fingerprint density at radius 3 is 2.74 bits per heavy atom. The van der Waals surface area contributed by atoms with E-state index in [4.69, 9.17) is 9.47 Å². The monoisotopic (exact) mass is 328 g/mol. The van der Waals surface area contributed by atoms with E-state index < -0.39 is 0 Å². The van der Waals surface area contributed by atoms with Crippen LogP contribution >= 0.6 is 11.8 Å². The largest absolute Gasteiger partial charge is 0.454 e. The molecule has 0 bridgehead atoms. The lowest BCUT2D eigenvalue weighted by Crippen LogP contribution is -2.35. The van der Waals surface area contributed by atoms with Gasteiger partial charge >= 0.3 is 0 Å². The van der Waals surface area contributed by atoms with Crippen molar-refractivity contribution >= 4 is 23.4 Å². The summed E-state index contributed by atoms with van der Waals surface area (Å²) < 4.78 is 10.8. The van der Waals surface area contributed by atoms with E-state index >= 15 is 0 Å². The topological polar surface area (TPSA) is 50.8 Å². The van der Waals surface area contributed by atoms with Crippen LogP contribution in [0.5, 0.6) is 11.5 Å². The standard InChI is InChI=1S/C17H16N2O3S/c1-11-16(20)19(18-13-5-3-2-4-6-13)17(23-11)12-7-8-14-15(9-12)22-10-21-14/h2-9,11,17-18H,10H2,1H3/t11-,17+/m0/s1. The maximum absolute atomic E-state index is 12.5. The second kappa shape index (κ2) is 5.70. The van der Waals surface area contributed by atoms with Crippen molar-refractivity contribution in [2.24, 2.45) is 0 Å². The average Bonchev–Trinajstić information content (AvgIpc) is 3.15. The number of hydrazine groups is 1. The highest BCUT2D eigenvalue weighted by atomic mass is 32.2. The summed E-state index contributed by atoms with van der Waals surface area (Å²) in [5.41, 5.74) is 5.13. The summed E-state index contributed by atoms with van der Waals surface area (Å²) in [6.07, 6.45) is 0. The Morgan fingerprint density at radius 2 is 1.91 bits per heavy atom. The Balaban J connectivity index is 1.64. The van der Waals surface area contributed by atoms with E-state index in [1.807, 2.05) is 55.5 Å². The van der Waals surface area contributed by atoms with E-state index in [1.54, 1.807) is 16.8 Å². The van der Waals surface area contributed by atoms with E-state index in [9.17, 15) is 4.79 Å². The van der Waals surface area contributed by atoms with Crippen molar-refractivity contribution < 1.29 is 14.3 Å². The Hall–Kier alpha value is -2.34. The minimum atomic E-state index is -0.104. The average molecular weight is 328 g/mol. The molecule has 5 nitrogen and oxygen atoms in total. The molecular weight excluding hydrogens is 312 g/mol. The van der Waals surface area contributed by atoms with Crippen molar-refractivity contribution in [3.63, 3.8) is 0 Å². The molecule has 0 aromatic heterocycles. The number of nitrogens with zero attached hydrogens (tertiary/aromatic N) is 1.